The molecular formula is C25H25N3O7S. The fourth-order valence-electron chi connectivity index (χ4n) is 3.73. The molecule has 1 aromatic carbocycles. The summed E-state index contributed by atoms with van der Waals surface area (Å²) in [5.74, 6) is 0.0616. The van der Waals surface area contributed by atoms with Crippen LogP contribution >= 0.6 is 0 Å². The Morgan fingerprint density at radius 1 is 1.17 bits per heavy atom. The van der Waals surface area contributed by atoms with Crippen molar-refractivity contribution >= 4 is 21.8 Å². The van der Waals surface area contributed by atoms with Gasteiger partial charge < -0.3 is 24.4 Å². The van der Waals surface area contributed by atoms with Gasteiger partial charge >= 0.3 is 6.09 Å². The van der Waals surface area contributed by atoms with E-state index in [1.807, 2.05) is 0 Å². The summed E-state index contributed by atoms with van der Waals surface area (Å²) in [6.45, 7) is 0.633. The number of fused-ring (bicyclic) bond motifs is 1. The monoisotopic (exact) mass is 511 g/mol. The predicted molar refractivity (Wildman–Crippen MR) is 130 cm³/mol. The average molecular weight is 512 g/mol. The van der Waals surface area contributed by atoms with Crippen LogP contribution in [0.1, 0.15) is 27.4 Å². The molecule has 188 valence electrons. The largest absolute Gasteiger partial charge is 0.469 e. The lowest BCUT2D eigenvalue weighted by molar-refractivity contribution is 0.0956. The molecule has 0 atom stereocenters. The van der Waals surface area contributed by atoms with Crippen LogP contribution in [0.2, 0.25) is 0 Å². The van der Waals surface area contributed by atoms with E-state index in [1.54, 1.807) is 36.6 Å². The number of sulfone groups is 1. The van der Waals surface area contributed by atoms with Crippen LogP contribution in [0.25, 0.3) is 0 Å². The first-order valence-electron chi connectivity index (χ1n) is 11.3. The second-order valence-electron chi connectivity index (χ2n) is 8.07. The highest BCUT2D eigenvalue weighted by molar-refractivity contribution is 7.94. The van der Waals surface area contributed by atoms with Crippen molar-refractivity contribution in [3.8, 4) is 0 Å². The van der Waals surface area contributed by atoms with Crippen LogP contribution < -0.4 is 10.9 Å². The summed E-state index contributed by atoms with van der Waals surface area (Å²) in [6, 6.07) is 12.9. The SMILES string of the molecule is O=C(NC/C=C/S(=O)(=O)c1ccccc1)c1cc2c([nH]c1=O)CCN(C(=O)OCCc1ccco1)C2. The van der Waals surface area contributed by atoms with Gasteiger partial charge in [-0.3, -0.25) is 9.59 Å². The zero-order valence-corrected chi connectivity index (χ0v) is 20.1. The number of pyridine rings is 1. The number of hydrogen-bond acceptors (Lipinski definition) is 7. The number of nitrogens with one attached hydrogen (secondary N) is 2. The number of amides is 2. The minimum absolute atomic E-state index is 0.0878. The van der Waals surface area contributed by atoms with Crippen molar-refractivity contribution in [3.63, 3.8) is 0 Å². The van der Waals surface area contributed by atoms with Gasteiger partial charge in [-0.25, -0.2) is 13.2 Å². The van der Waals surface area contributed by atoms with Gasteiger partial charge in [-0.2, -0.15) is 0 Å². The van der Waals surface area contributed by atoms with E-state index in [2.05, 4.69) is 10.3 Å². The lowest BCUT2D eigenvalue weighted by atomic mass is 10.0. The van der Waals surface area contributed by atoms with Crippen molar-refractivity contribution < 1.29 is 27.2 Å². The number of ether oxygens (including phenoxy) is 1. The fourth-order valence-corrected chi connectivity index (χ4v) is 4.77. The van der Waals surface area contributed by atoms with Crippen LogP contribution in [-0.4, -0.2) is 50.0 Å². The number of carbonyl (C=O) groups is 2. The van der Waals surface area contributed by atoms with Crippen LogP contribution in [-0.2, 0) is 34.0 Å². The van der Waals surface area contributed by atoms with E-state index in [-0.39, 0.29) is 30.2 Å². The van der Waals surface area contributed by atoms with Crippen LogP contribution in [0.5, 0.6) is 0 Å². The molecule has 0 spiro atoms. The topological polar surface area (TPSA) is 139 Å². The third kappa shape index (κ3) is 6.11. The number of aromatic nitrogens is 1. The second kappa shape index (κ2) is 11.1. The van der Waals surface area contributed by atoms with Gasteiger partial charge in [0, 0.05) is 37.0 Å². The maximum absolute atomic E-state index is 12.6. The van der Waals surface area contributed by atoms with Gasteiger partial charge in [-0.05, 0) is 35.9 Å². The van der Waals surface area contributed by atoms with Crippen molar-refractivity contribution in [2.75, 3.05) is 19.7 Å². The minimum atomic E-state index is -3.63. The molecule has 0 aliphatic carbocycles. The Morgan fingerprint density at radius 2 is 1.97 bits per heavy atom. The van der Waals surface area contributed by atoms with E-state index < -0.39 is 27.4 Å². The standard InChI is InChI=1S/C25H25N3O7S/c29-23(26-11-5-15-36(32,33)20-7-2-1-3-8-20)21-16-18-17-28(12-9-22(18)27-24(21)30)25(31)35-14-10-19-6-4-13-34-19/h1-8,13,15-16H,9-12,14,17H2,(H,26,29)(H,27,30)/b15-5+. The maximum Gasteiger partial charge on any atom is 0.410 e. The number of rotatable bonds is 8. The first-order chi connectivity index (χ1) is 17.3. The molecule has 1 aliphatic rings. The highest BCUT2D eigenvalue weighted by Gasteiger charge is 2.24. The van der Waals surface area contributed by atoms with Gasteiger partial charge in [0.2, 0.25) is 0 Å². The molecule has 36 heavy (non-hydrogen) atoms. The molecule has 0 saturated carbocycles. The molecule has 0 bridgehead atoms. The summed E-state index contributed by atoms with van der Waals surface area (Å²) in [6.07, 6.45) is 3.24. The maximum atomic E-state index is 12.6. The Kier molecular flexibility index (Phi) is 7.69. The highest BCUT2D eigenvalue weighted by Crippen LogP contribution is 2.18. The van der Waals surface area contributed by atoms with Crippen LogP contribution in [0.15, 0.2) is 80.4 Å². The normalized spacial score (nSPS) is 13.4. The van der Waals surface area contributed by atoms with Crippen molar-refractivity contribution in [2.24, 2.45) is 0 Å². The van der Waals surface area contributed by atoms with E-state index in [0.717, 1.165) is 5.41 Å². The molecule has 0 unspecified atom stereocenters. The summed E-state index contributed by atoms with van der Waals surface area (Å²) >= 11 is 0. The van der Waals surface area contributed by atoms with E-state index in [4.69, 9.17) is 9.15 Å². The molecule has 0 fully saturated rings. The van der Waals surface area contributed by atoms with Crippen molar-refractivity contribution in [2.45, 2.75) is 24.3 Å². The van der Waals surface area contributed by atoms with Crippen molar-refractivity contribution in [1.29, 1.82) is 0 Å². The lowest BCUT2D eigenvalue weighted by Crippen LogP contribution is -2.39. The first kappa shape index (κ1) is 25.0. The van der Waals surface area contributed by atoms with Crippen molar-refractivity contribution in [3.05, 3.63) is 99.2 Å². The Morgan fingerprint density at radius 3 is 2.72 bits per heavy atom. The number of hydrogen-bond donors (Lipinski definition) is 2. The number of carbonyl (C=O) groups excluding carboxylic acids is 2. The summed E-state index contributed by atoms with van der Waals surface area (Å²) < 4.78 is 35.1. The zero-order chi connectivity index (χ0) is 25.5. The zero-order valence-electron chi connectivity index (χ0n) is 19.3. The van der Waals surface area contributed by atoms with E-state index in [1.165, 1.54) is 29.2 Å². The van der Waals surface area contributed by atoms with Gasteiger partial charge in [0.25, 0.3) is 11.5 Å². The molecule has 4 rings (SSSR count). The van der Waals surface area contributed by atoms with E-state index in [0.29, 0.717) is 36.4 Å². The molecule has 2 amide bonds. The molecule has 3 aromatic rings. The Hall–Kier alpha value is -4.12. The summed E-state index contributed by atoms with van der Waals surface area (Å²) in [5, 5.41) is 3.53. The molecular weight excluding hydrogens is 486 g/mol. The molecule has 2 aromatic heterocycles. The molecule has 11 heteroatoms. The average Bonchev–Trinajstić information content (AvgIpc) is 3.40. The van der Waals surface area contributed by atoms with Crippen LogP contribution in [0.3, 0.4) is 0 Å². The summed E-state index contributed by atoms with van der Waals surface area (Å²) in [5.41, 5.74) is 0.615. The second-order valence-corrected chi connectivity index (χ2v) is 9.90. The Labute approximate surface area is 207 Å². The summed E-state index contributed by atoms with van der Waals surface area (Å²) in [7, 11) is -3.63. The predicted octanol–water partition coefficient (Wildman–Crippen LogP) is 2.42. The van der Waals surface area contributed by atoms with Gasteiger partial charge in [-0.15, -0.1) is 0 Å². The third-order valence-electron chi connectivity index (χ3n) is 5.59. The smallest absolute Gasteiger partial charge is 0.410 e. The number of aromatic amines is 1. The first-order valence-corrected chi connectivity index (χ1v) is 12.8. The minimum Gasteiger partial charge on any atom is -0.469 e. The van der Waals surface area contributed by atoms with Gasteiger partial charge in [0.05, 0.1) is 17.7 Å². The number of nitrogens with zero attached hydrogens (tertiary/aromatic N) is 1. The number of furan rings is 1. The Bertz CT molecular complexity index is 1410. The quantitative estimate of drug-likeness (QED) is 0.474. The van der Waals surface area contributed by atoms with Crippen LogP contribution in [0.4, 0.5) is 4.79 Å². The molecule has 1 aliphatic heterocycles. The molecule has 0 radical (unpaired) electrons. The van der Waals surface area contributed by atoms with Gasteiger partial charge in [0.15, 0.2) is 9.84 Å². The van der Waals surface area contributed by atoms with Gasteiger partial charge in [0.1, 0.15) is 17.9 Å². The van der Waals surface area contributed by atoms with Gasteiger partial charge in [-0.1, -0.05) is 24.3 Å². The third-order valence-corrected chi connectivity index (χ3v) is 7.07. The Balaban J connectivity index is 1.34. The molecule has 10 nitrogen and oxygen atoms in total. The highest BCUT2D eigenvalue weighted by atomic mass is 32.2. The summed E-state index contributed by atoms with van der Waals surface area (Å²) in [4.78, 5) is 41.8. The molecule has 2 N–H and O–H groups in total. The molecule has 0 saturated heterocycles. The lowest BCUT2D eigenvalue weighted by Gasteiger charge is -2.28. The van der Waals surface area contributed by atoms with Crippen molar-refractivity contribution in [1.82, 2.24) is 15.2 Å². The van der Waals surface area contributed by atoms with Crippen LogP contribution in [0, 0.1) is 0 Å². The number of benzene rings is 1. The molecule has 3 heterocycles. The van der Waals surface area contributed by atoms with E-state index in [9.17, 15) is 22.8 Å². The number of H-pyrrole nitrogens is 1. The van der Waals surface area contributed by atoms with E-state index >= 15 is 0 Å². The fraction of sp³-hybridized carbons (Fsp3) is 0.240.